The summed E-state index contributed by atoms with van der Waals surface area (Å²) in [4.78, 5) is 12.9. The highest BCUT2D eigenvalue weighted by atomic mass is 16.5. The summed E-state index contributed by atoms with van der Waals surface area (Å²) >= 11 is 0. The number of hydrogen-bond donors (Lipinski definition) is 1. The second-order valence-electron chi connectivity index (χ2n) is 5.82. The number of fused-ring (bicyclic) bond motifs is 1. The van der Waals surface area contributed by atoms with Crippen LogP contribution in [-0.2, 0) is 29.0 Å². The highest BCUT2D eigenvalue weighted by Gasteiger charge is 2.23. The first kappa shape index (κ1) is 14.5. The van der Waals surface area contributed by atoms with Crippen LogP contribution in [0.15, 0.2) is 0 Å². The van der Waals surface area contributed by atoms with E-state index in [2.05, 4.69) is 19.7 Å². The Balaban J connectivity index is 1.49. The zero-order valence-electron chi connectivity index (χ0n) is 12.2. The quantitative estimate of drug-likeness (QED) is 0.860. The fraction of sp³-hybridized carbons (Fsp3) is 0.786. The third-order valence-corrected chi connectivity index (χ3v) is 4.28. The van der Waals surface area contributed by atoms with E-state index in [4.69, 9.17) is 9.84 Å². The molecule has 1 aromatic heterocycles. The second kappa shape index (κ2) is 6.53. The molecule has 7 nitrogen and oxygen atoms in total. The summed E-state index contributed by atoms with van der Waals surface area (Å²) in [5.74, 6) is 1.29. The number of hydrogen-bond acceptors (Lipinski definition) is 5. The van der Waals surface area contributed by atoms with E-state index in [-0.39, 0.29) is 12.7 Å². The first-order chi connectivity index (χ1) is 10.2. The van der Waals surface area contributed by atoms with Crippen molar-refractivity contribution < 1.29 is 14.6 Å². The Bertz CT molecular complexity index is 494. The van der Waals surface area contributed by atoms with Gasteiger partial charge in [-0.3, -0.25) is 4.90 Å². The third kappa shape index (κ3) is 3.59. The van der Waals surface area contributed by atoms with Gasteiger partial charge in [0.2, 0.25) is 0 Å². The minimum absolute atomic E-state index is 0.0738. The molecule has 1 aromatic rings. The van der Waals surface area contributed by atoms with Crippen LogP contribution in [0, 0.1) is 0 Å². The number of aryl methyl sites for hydroxylation is 1. The van der Waals surface area contributed by atoms with Gasteiger partial charge in [0.25, 0.3) is 0 Å². The Morgan fingerprint density at radius 2 is 2.05 bits per heavy atom. The molecule has 2 aliphatic heterocycles. The van der Waals surface area contributed by atoms with Crippen LogP contribution in [0.1, 0.15) is 37.3 Å². The van der Waals surface area contributed by atoms with Crippen molar-refractivity contribution in [2.45, 2.75) is 51.3 Å². The monoisotopic (exact) mass is 294 g/mol. The van der Waals surface area contributed by atoms with E-state index >= 15 is 0 Å². The Labute approximate surface area is 123 Å². The second-order valence-corrected chi connectivity index (χ2v) is 5.82. The van der Waals surface area contributed by atoms with Crippen LogP contribution in [0.5, 0.6) is 0 Å². The van der Waals surface area contributed by atoms with Crippen LogP contribution in [-0.4, -0.2) is 56.5 Å². The summed E-state index contributed by atoms with van der Waals surface area (Å²) in [6.07, 6.45) is 5.30. The van der Waals surface area contributed by atoms with E-state index in [1.807, 2.05) is 0 Å². The summed E-state index contributed by atoms with van der Waals surface area (Å²) in [7, 11) is 0. The normalized spacial score (nSPS) is 20.4. The maximum absolute atomic E-state index is 10.5. The van der Waals surface area contributed by atoms with E-state index in [0.29, 0.717) is 0 Å². The van der Waals surface area contributed by atoms with Crippen LogP contribution in [0.4, 0.5) is 0 Å². The Kier molecular flexibility index (Phi) is 4.50. The Morgan fingerprint density at radius 3 is 2.81 bits per heavy atom. The number of piperidine rings is 1. The van der Waals surface area contributed by atoms with E-state index in [9.17, 15) is 4.79 Å². The first-order valence-electron chi connectivity index (χ1n) is 7.69. The molecule has 116 valence electrons. The van der Waals surface area contributed by atoms with Crippen molar-refractivity contribution in [1.82, 2.24) is 19.7 Å². The van der Waals surface area contributed by atoms with Gasteiger partial charge in [0, 0.05) is 26.1 Å². The highest BCUT2D eigenvalue weighted by Crippen LogP contribution is 2.18. The average molecular weight is 294 g/mol. The van der Waals surface area contributed by atoms with Gasteiger partial charge in [-0.15, -0.1) is 10.2 Å². The number of aromatic nitrogens is 3. The molecule has 0 radical (unpaired) electrons. The molecule has 0 atom stereocenters. The number of carboxylic acid groups (broad SMARTS) is 1. The van der Waals surface area contributed by atoms with Crippen molar-refractivity contribution in [2.24, 2.45) is 0 Å². The van der Waals surface area contributed by atoms with Gasteiger partial charge in [-0.2, -0.15) is 0 Å². The molecule has 0 saturated carbocycles. The van der Waals surface area contributed by atoms with Gasteiger partial charge in [-0.1, -0.05) is 0 Å². The predicted octanol–water partition coefficient (Wildman–Crippen LogP) is 0.680. The number of rotatable bonds is 5. The zero-order chi connectivity index (χ0) is 14.7. The summed E-state index contributed by atoms with van der Waals surface area (Å²) in [6, 6.07) is 0. The summed E-state index contributed by atoms with van der Waals surface area (Å²) in [6.45, 7) is 3.52. The highest BCUT2D eigenvalue weighted by molar-refractivity contribution is 5.68. The summed E-state index contributed by atoms with van der Waals surface area (Å²) < 4.78 is 7.62. The molecular weight excluding hydrogens is 272 g/mol. The molecule has 0 spiro atoms. The fourth-order valence-corrected chi connectivity index (χ4v) is 3.11. The van der Waals surface area contributed by atoms with E-state index < -0.39 is 5.97 Å². The molecule has 0 aromatic carbocycles. The fourth-order valence-electron chi connectivity index (χ4n) is 3.11. The summed E-state index contributed by atoms with van der Waals surface area (Å²) in [5.41, 5.74) is 0. The number of ether oxygens (including phenoxy) is 1. The molecule has 2 aliphatic rings. The van der Waals surface area contributed by atoms with Crippen LogP contribution in [0.2, 0.25) is 0 Å². The molecule has 3 heterocycles. The Hall–Kier alpha value is -1.47. The lowest BCUT2D eigenvalue weighted by molar-refractivity contribution is -0.145. The number of carbonyl (C=O) groups is 1. The Morgan fingerprint density at radius 1 is 1.24 bits per heavy atom. The van der Waals surface area contributed by atoms with Crippen molar-refractivity contribution in [3.63, 3.8) is 0 Å². The number of carboxylic acids is 1. The third-order valence-electron chi connectivity index (χ3n) is 4.28. The minimum Gasteiger partial charge on any atom is -0.480 e. The van der Waals surface area contributed by atoms with Gasteiger partial charge >= 0.3 is 5.97 Å². The van der Waals surface area contributed by atoms with Crippen molar-refractivity contribution in [3.05, 3.63) is 11.6 Å². The molecule has 1 N–H and O–H groups in total. The molecule has 0 amide bonds. The molecule has 1 fully saturated rings. The first-order valence-corrected chi connectivity index (χ1v) is 7.69. The molecule has 21 heavy (non-hydrogen) atoms. The van der Waals surface area contributed by atoms with E-state index in [1.165, 1.54) is 12.8 Å². The smallest absolute Gasteiger partial charge is 0.329 e. The van der Waals surface area contributed by atoms with Crippen LogP contribution in [0.3, 0.4) is 0 Å². The molecular formula is C14H22N4O3. The number of nitrogens with zero attached hydrogens (tertiary/aromatic N) is 4. The number of aliphatic carboxylic acids is 1. The van der Waals surface area contributed by atoms with E-state index in [1.54, 1.807) is 0 Å². The largest absolute Gasteiger partial charge is 0.480 e. The summed E-state index contributed by atoms with van der Waals surface area (Å²) in [5, 5.41) is 17.2. The van der Waals surface area contributed by atoms with Gasteiger partial charge in [-0.25, -0.2) is 4.79 Å². The van der Waals surface area contributed by atoms with Crippen LogP contribution >= 0.6 is 0 Å². The van der Waals surface area contributed by atoms with Gasteiger partial charge in [0.1, 0.15) is 18.3 Å². The SMILES string of the molecule is O=C(O)COC1CCN(Cc2nnc3n2CCCC3)CC1. The average Bonchev–Trinajstić information content (AvgIpc) is 2.90. The number of likely N-dealkylation sites (tertiary alicyclic amines) is 1. The topological polar surface area (TPSA) is 80.5 Å². The molecule has 0 unspecified atom stereocenters. The standard InChI is InChI=1S/C14H22N4O3/c19-14(20)10-21-11-4-7-17(8-5-11)9-13-16-15-12-3-1-2-6-18(12)13/h11H,1-10H2,(H,19,20). The molecule has 3 rings (SSSR count). The maximum atomic E-state index is 10.5. The molecule has 0 aliphatic carbocycles. The minimum atomic E-state index is -0.896. The molecule has 1 saturated heterocycles. The molecule has 0 bridgehead atoms. The van der Waals surface area contributed by atoms with Crippen molar-refractivity contribution in [3.8, 4) is 0 Å². The molecule has 7 heteroatoms. The van der Waals surface area contributed by atoms with Crippen LogP contribution < -0.4 is 0 Å². The van der Waals surface area contributed by atoms with Crippen LogP contribution in [0.25, 0.3) is 0 Å². The lowest BCUT2D eigenvalue weighted by atomic mass is 10.1. The lowest BCUT2D eigenvalue weighted by Crippen LogP contribution is -2.38. The van der Waals surface area contributed by atoms with Gasteiger partial charge < -0.3 is 14.4 Å². The van der Waals surface area contributed by atoms with Gasteiger partial charge in [0.05, 0.1) is 12.6 Å². The maximum Gasteiger partial charge on any atom is 0.329 e. The predicted molar refractivity (Wildman–Crippen MR) is 74.8 cm³/mol. The van der Waals surface area contributed by atoms with Crippen molar-refractivity contribution in [1.29, 1.82) is 0 Å². The van der Waals surface area contributed by atoms with E-state index in [0.717, 1.165) is 57.1 Å². The van der Waals surface area contributed by atoms with Gasteiger partial charge in [-0.05, 0) is 25.7 Å². The van der Waals surface area contributed by atoms with Gasteiger partial charge in [0.15, 0.2) is 0 Å². The lowest BCUT2D eigenvalue weighted by Gasteiger charge is -2.31. The van der Waals surface area contributed by atoms with Crippen molar-refractivity contribution >= 4 is 5.97 Å². The van der Waals surface area contributed by atoms with Crippen molar-refractivity contribution in [2.75, 3.05) is 19.7 Å². The zero-order valence-corrected chi connectivity index (χ0v) is 12.2.